The van der Waals surface area contributed by atoms with Crippen LogP contribution in [-0.2, 0) is 23.9 Å². The molecule has 23 heavy (non-hydrogen) atoms. The Morgan fingerprint density at radius 2 is 1.39 bits per heavy atom. The minimum atomic E-state index is -0.911. The first kappa shape index (κ1) is 21.8. The number of ketones is 1. The van der Waals surface area contributed by atoms with E-state index in [4.69, 9.17) is 14.9 Å². The first-order valence-electron chi connectivity index (χ1n) is 7.02. The van der Waals surface area contributed by atoms with Gasteiger partial charge in [0.2, 0.25) is 0 Å². The predicted molar refractivity (Wildman–Crippen MR) is 88.8 cm³/mol. The maximum absolute atomic E-state index is 11.5. The van der Waals surface area contributed by atoms with Crippen LogP contribution in [0.3, 0.4) is 0 Å². The standard InChI is InChI=1S/C14H22O7S2/c1-9(13(17)18)5-22-7-11(15)3-4-21-12(16)8-23-6-10(2)14(19)20/h9-10H,3-8H2,1-2H3,(H,17,18)(H,19,20). The third-order valence-electron chi connectivity index (χ3n) is 2.71. The number of Topliss-reactive ketones (excluding diaryl/α,β-unsaturated/α-hetero) is 1. The molecule has 7 nitrogen and oxygen atoms in total. The molecule has 0 saturated heterocycles. The topological polar surface area (TPSA) is 118 Å². The van der Waals surface area contributed by atoms with Gasteiger partial charge in [0.1, 0.15) is 5.78 Å². The lowest BCUT2D eigenvalue weighted by molar-refractivity contribution is -0.142. The van der Waals surface area contributed by atoms with Gasteiger partial charge >= 0.3 is 17.9 Å². The van der Waals surface area contributed by atoms with E-state index in [1.807, 2.05) is 0 Å². The largest absolute Gasteiger partial charge is 0.481 e. The van der Waals surface area contributed by atoms with E-state index in [0.717, 1.165) is 0 Å². The molecule has 2 unspecified atom stereocenters. The van der Waals surface area contributed by atoms with Crippen LogP contribution in [0.4, 0.5) is 0 Å². The van der Waals surface area contributed by atoms with Crippen LogP contribution in [0.25, 0.3) is 0 Å². The predicted octanol–water partition coefficient (Wildman–Crippen LogP) is 1.40. The second kappa shape index (κ2) is 12.2. The summed E-state index contributed by atoms with van der Waals surface area (Å²) in [5.74, 6) is -2.49. The summed E-state index contributed by atoms with van der Waals surface area (Å²) in [7, 11) is 0. The molecule has 0 aliphatic rings. The summed E-state index contributed by atoms with van der Waals surface area (Å²) in [5.41, 5.74) is 0. The smallest absolute Gasteiger partial charge is 0.315 e. The Balaban J connectivity index is 3.65. The Morgan fingerprint density at radius 1 is 0.913 bits per heavy atom. The van der Waals surface area contributed by atoms with E-state index in [2.05, 4.69) is 0 Å². The molecule has 0 rings (SSSR count). The zero-order valence-electron chi connectivity index (χ0n) is 13.1. The van der Waals surface area contributed by atoms with Crippen molar-refractivity contribution in [2.24, 2.45) is 11.8 Å². The molecular weight excluding hydrogens is 344 g/mol. The lowest BCUT2D eigenvalue weighted by Crippen LogP contribution is -2.16. The molecule has 0 aliphatic heterocycles. The first-order valence-corrected chi connectivity index (χ1v) is 9.33. The van der Waals surface area contributed by atoms with Crippen molar-refractivity contribution < 1.29 is 34.1 Å². The van der Waals surface area contributed by atoms with Crippen LogP contribution in [0.5, 0.6) is 0 Å². The fourth-order valence-corrected chi connectivity index (χ4v) is 3.05. The molecule has 0 radical (unpaired) electrons. The molecule has 0 aromatic rings. The normalized spacial score (nSPS) is 13.1. The Bertz CT molecular complexity index is 387. The number of esters is 1. The van der Waals surface area contributed by atoms with E-state index < -0.39 is 29.7 Å². The van der Waals surface area contributed by atoms with E-state index in [9.17, 15) is 19.2 Å². The summed E-state index contributed by atoms with van der Waals surface area (Å²) in [6.45, 7) is 3.12. The molecule has 0 heterocycles. The molecule has 9 heteroatoms. The number of ether oxygens (including phenoxy) is 1. The van der Waals surface area contributed by atoms with Gasteiger partial charge in [0.05, 0.1) is 29.9 Å². The molecule has 0 aromatic heterocycles. The van der Waals surface area contributed by atoms with E-state index in [-0.39, 0.29) is 30.3 Å². The van der Waals surface area contributed by atoms with Crippen molar-refractivity contribution >= 4 is 47.2 Å². The van der Waals surface area contributed by atoms with Gasteiger partial charge in [-0.05, 0) is 0 Å². The quantitative estimate of drug-likeness (QED) is 0.466. The average molecular weight is 366 g/mol. The van der Waals surface area contributed by atoms with Gasteiger partial charge in [-0.25, -0.2) is 0 Å². The summed E-state index contributed by atoms with van der Waals surface area (Å²) in [5, 5.41) is 17.4. The molecule has 0 spiro atoms. The maximum atomic E-state index is 11.5. The second-order valence-corrected chi connectivity index (χ2v) is 7.08. The molecule has 2 N–H and O–H groups in total. The van der Waals surface area contributed by atoms with Crippen LogP contribution in [0, 0.1) is 11.8 Å². The first-order chi connectivity index (χ1) is 10.7. The molecule has 0 fully saturated rings. The van der Waals surface area contributed by atoms with Crippen LogP contribution >= 0.6 is 23.5 Å². The third-order valence-corrected chi connectivity index (χ3v) is 5.14. The summed E-state index contributed by atoms with van der Waals surface area (Å²) in [4.78, 5) is 44.1. The highest BCUT2D eigenvalue weighted by Crippen LogP contribution is 2.10. The number of thioether (sulfide) groups is 2. The van der Waals surface area contributed by atoms with Gasteiger partial charge in [0.15, 0.2) is 0 Å². The lowest BCUT2D eigenvalue weighted by Gasteiger charge is -2.07. The molecule has 0 bridgehead atoms. The van der Waals surface area contributed by atoms with Gasteiger partial charge in [-0.1, -0.05) is 13.8 Å². The van der Waals surface area contributed by atoms with Crippen LogP contribution in [0.2, 0.25) is 0 Å². The molecule has 0 amide bonds. The number of carboxylic acids is 2. The fraction of sp³-hybridized carbons (Fsp3) is 0.714. The Hall–Kier alpha value is -1.22. The maximum Gasteiger partial charge on any atom is 0.315 e. The van der Waals surface area contributed by atoms with Gasteiger partial charge in [0.25, 0.3) is 0 Å². The van der Waals surface area contributed by atoms with Gasteiger partial charge < -0.3 is 14.9 Å². The number of carbonyl (C=O) groups is 4. The molecule has 0 saturated carbocycles. The summed E-state index contributed by atoms with van der Waals surface area (Å²) in [6.07, 6.45) is 0.0936. The van der Waals surface area contributed by atoms with Gasteiger partial charge in [-0.3, -0.25) is 19.2 Å². The number of aliphatic carboxylic acids is 2. The fourth-order valence-electron chi connectivity index (χ4n) is 1.20. The van der Waals surface area contributed by atoms with E-state index >= 15 is 0 Å². The Labute approximate surface area is 143 Å². The Kier molecular flexibility index (Phi) is 11.6. The van der Waals surface area contributed by atoms with Crippen molar-refractivity contribution in [3.63, 3.8) is 0 Å². The molecule has 0 aromatic carbocycles. The molecule has 132 valence electrons. The average Bonchev–Trinajstić information content (AvgIpc) is 2.46. The van der Waals surface area contributed by atoms with Crippen LogP contribution in [0.1, 0.15) is 20.3 Å². The van der Waals surface area contributed by atoms with Gasteiger partial charge in [-0.15, -0.1) is 11.8 Å². The highest BCUT2D eigenvalue weighted by atomic mass is 32.2. The van der Waals surface area contributed by atoms with Gasteiger partial charge in [-0.2, -0.15) is 11.8 Å². The van der Waals surface area contributed by atoms with Crippen molar-refractivity contribution in [2.75, 3.05) is 29.6 Å². The zero-order chi connectivity index (χ0) is 17.8. The molecule has 2 atom stereocenters. The van der Waals surface area contributed by atoms with Gasteiger partial charge in [0, 0.05) is 17.9 Å². The minimum Gasteiger partial charge on any atom is -0.481 e. The summed E-state index contributed by atoms with van der Waals surface area (Å²) < 4.78 is 4.89. The lowest BCUT2D eigenvalue weighted by atomic mass is 10.2. The van der Waals surface area contributed by atoms with Crippen LogP contribution in [-0.4, -0.2) is 63.5 Å². The summed E-state index contributed by atoms with van der Waals surface area (Å²) in [6, 6.07) is 0. The minimum absolute atomic E-state index is 0.0121. The van der Waals surface area contributed by atoms with E-state index in [1.54, 1.807) is 13.8 Å². The van der Waals surface area contributed by atoms with E-state index in [0.29, 0.717) is 11.5 Å². The van der Waals surface area contributed by atoms with Crippen molar-refractivity contribution in [2.45, 2.75) is 20.3 Å². The molecular formula is C14H22O7S2. The van der Waals surface area contributed by atoms with Crippen LogP contribution in [0.15, 0.2) is 0 Å². The highest BCUT2D eigenvalue weighted by molar-refractivity contribution is 8.00. The molecule has 0 aliphatic carbocycles. The SMILES string of the molecule is CC(CSCC(=O)CCOC(=O)CSCC(C)C(=O)O)C(=O)O. The highest BCUT2D eigenvalue weighted by Gasteiger charge is 2.14. The number of hydrogen-bond donors (Lipinski definition) is 2. The second-order valence-electron chi connectivity index (χ2n) is 5.02. The number of carbonyl (C=O) groups excluding carboxylic acids is 2. The zero-order valence-corrected chi connectivity index (χ0v) is 14.8. The Morgan fingerprint density at radius 3 is 1.87 bits per heavy atom. The van der Waals surface area contributed by atoms with Crippen molar-refractivity contribution in [3.8, 4) is 0 Å². The number of hydrogen-bond acceptors (Lipinski definition) is 7. The number of rotatable bonds is 13. The summed E-state index contributed by atoms with van der Waals surface area (Å²) >= 11 is 2.42. The van der Waals surface area contributed by atoms with Crippen LogP contribution < -0.4 is 0 Å². The van der Waals surface area contributed by atoms with Crippen molar-refractivity contribution in [3.05, 3.63) is 0 Å². The third kappa shape index (κ3) is 11.9. The number of carboxylic acid groups (broad SMARTS) is 2. The van der Waals surface area contributed by atoms with Crippen molar-refractivity contribution in [1.82, 2.24) is 0 Å². The van der Waals surface area contributed by atoms with Crippen molar-refractivity contribution in [1.29, 1.82) is 0 Å². The monoisotopic (exact) mass is 366 g/mol. The van der Waals surface area contributed by atoms with E-state index in [1.165, 1.54) is 23.5 Å².